The Bertz CT molecular complexity index is 684. The normalized spacial score (nSPS) is 16.8. The summed E-state index contributed by atoms with van der Waals surface area (Å²) in [7, 11) is 0. The maximum Gasteiger partial charge on any atom is 0.128 e. The zero-order valence-electron chi connectivity index (χ0n) is 12.2. The first-order chi connectivity index (χ1) is 10.3. The molecule has 1 aliphatic rings. The van der Waals surface area contributed by atoms with Crippen LogP contribution < -0.4 is 5.32 Å². The Labute approximate surface area is 129 Å². The van der Waals surface area contributed by atoms with Crippen LogP contribution in [0.25, 0.3) is 10.9 Å². The number of thioether (sulfide) groups is 1. The molecule has 0 amide bonds. The molecule has 1 aromatic carbocycles. The van der Waals surface area contributed by atoms with Crippen molar-refractivity contribution in [2.75, 3.05) is 18.1 Å². The van der Waals surface area contributed by atoms with Crippen LogP contribution in [0.3, 0.4) is 0 Å². The van der Waals surface area contributed by atoms with E-state index in [0.717, 1.165) is 23.3 Å². The fraction of sp³-hybridized carbons (Fsp3) is 0.412. The van der Waals surface area contributed by atoms with Crippen molar-refractivity contribution >= 4 is 28.5 Å². The number of anilines is 1. The van der Waals surface area contributed by atoms with Gasteiger partial charge >= 0.3 is 0 Å². The molecule has 0 radical (unpaired) electrons. The highest BCUT2D eigenvalue weighted by Gasteiger charge is 2.32. The summed E-state index contributed by atoms with van der Waals surface area (Å²) in [5.74, 6) is 0.811. The number of hydrogen-bond acceptors (Lipinski definition) is 4. The van der Waals surface area contributed by atoms with E-state index in [-0.39, 0.29) is 0 Å². The Morgan fingerprint density at radius 3 is 2.81 bits per heavy atom. The molecule has 0 aliphatic heterocycles. The van der Waals surface area contributed by atoms with Gasteiger partial charge in [-0.1, -0.05) is 31.0 Å². The van der Waals surface area contributed by atoms with Gasteiger partial charge in [0.25, 0.3) is 0 Å². The summed E-state index contributed by atoms with van der Waals surface area (Å²) in [6.07, 6.45) is 7.36. The summed E-state index contributed by atoms with van der Waals surface area (Å²) in [5.41, 5.74) is 1.57. The lowest BCUT2D eigenvalue weighted by molar-refractivity contribution is 0.639. The first kappa shape index (κ1) is 14.2. The largest absolute Gasteiger partial charge is 0.369 e. The molecule has 0 spiro atoms. The van der Waals surface area contributed by atoms with E-state index in [1.807, 2.05) is 42.1 Å². The van der Waals surface area contributed by atoms with E-state index in [9.17, 15) is 5.26 Å². The summed E-state index contributed by atoms with van der Waals surface area (Å²) in [6.45, 7) is 0.921. The van der Waals surface area contributed by atoms with Gasteiger partial charge in [-0.3, -0.25) is 0 Å². The molecule has 0 saturated heterocycles. The van der Waals surface area contributed by atoms with E-state index in [2.05, 4.69) is 22.6 Å². The SMILES string of the molecule is CSC1(CNc2cc(C#N)c3ccccc3n2)CCCC1. The molecule has 1 aliphatic carbocycles. The maximum atomic E-state index is 9.33. The average molecular weight is 297 g/mol. The molecular weight excluding hydrogens is 278 g/mol. The molecule has 1 saturated carbocycles. The third-order valence-electron chi connectivity index (χ3n) is 4.38. The summed E-state index contributed by atoms with van der Waals surface area (Å²) < 4.78 is 0.333. The van der Waals surface area contributed by atoms with Crippen LogP contribution in [0.1, 0.15) is 31.2 Å². The van der Waals surface area contributed by atoms with Crippen LogP contribution in [-0.2, 0) is 0 Å². The van der Waals surface area contributed by atoms with Crippen molar-refractivity contribution in [2.45, 2.75) is 30.4 Å². The highest BCUT2D eigenvalue weighted by molar-refractivity contribution is 8.00. The summed E-state index contributed by atoms with van der Waals surface area (Å²) in [6, 6.07) is 12.0. The van der Waals surface area contributed by atoms with Crippen LogP contribution in [0.15, 0.2) is 30.3 Å². The van der Waals surface area contributed by atoms with E-state index in [0.29, 0.717) is 10.3 Å². The van der Waals surface area contributed by atoms with Crippen molar-refractivity contribution in [2.24, 2.45) is 0 Å². The minimum Gasteiger partial charge on any atom is -0.369 e. The number of benzene rings is 1. The van der Waals surface area contributed by atoms with Crippen molar-refractivity contribution < 1.29 is 0 Å². The molecule has 1 aromatic heterocycles. The molecule has 1 fully saturated rings. The molecule has 0 unspecified atom stereocenters. The number of fused-ring (bicyclic) bond motifs is 1. The number of pyridine rings is 1. The first-order valence-corrected chi connectivity index (χ1v) is 8.58. The Kier molecular flexibility index (Phi) is 4.03. The molecular formula is C17H19N3S. The van der Waals surface area contributed by atoms with Gasteiger partial charge in [-0.15, -0.1) is 0 Å². The number of nitrogens with zero attached hydrogens (tertiary/aromatic N) is 2. The second-order valence-electron chi connectivity index (χ2n) is 5.63. The fourth-order valence-corrected chi connectivity index (χ4v) is 4.00. The minimum atomic E-state index is 0.333. The number of aromatic nitrogens is 1. The van der Waals surface area contributed by atoms with E-state index in [1.165, 1.54) is 25.7 Å². The van der Waals surface area contributed by atoms with E-state index in [4.69, 9.17) is 0 Å². The van der Waals surface area contributed by atoms with Crippen LogP contribution in [-0.4, -0.2) is 22.5 Å². The van der Waals surface area contributed by atoms with Crippen molar-refractivity contribution in [3.8, 4) is 6.07 Å². The Morgan fingerprint density at radius 1 is 1.33 bits per heavy atom. The lowest BCUT2D eigenvalue weighted by Gasteiger charge is -2.27. The quantitative estimate of drug-likeness (QED) is 0.919. The maximum absolute atomic E-state index is 9.33. The van der Waals surface area contributed by atoms with Crippen molar-refractivity contribution in [3.63, 3.8) is 0 Å². The van der Waals surface area contributed by atoms with Gasteiger partial charge in [-0.25, -0.2) is 4.98 Å². The number of hydrogen-bond donors (Lipinski definition) is 1. The molecule has 4 heteroatoms. The smallest absolute Gasteiger partial charge is 0.128 e. The highest BCUT2D eigenvalue weighted by atomic mass is 32.2. The molecule has 3 nitrogen and oxygen atoms in total. The lowest BCUT2D eigenvalue weighted by atomic mass is 10.1. The number of nitrogens with one attached hydrogen (secondary N) is 1. The first-order valence-electron chi connectivity index (χ1n) is 7.35. The number of rotatable bonds is 4. The van der Waals surface area contributed by atoms with Crippen molar-refractivity contribution in [1.82, 2.24) is 4.98 Å². The Balaban J connectivity index is 1.86. The van der Waals surface area contributed by atoms with E-state index in [1.54, 1.807) is 0 Å². The van der Waals surface area contributed by atoms with Gasteiger partial charge in [0.15, 0.2) is 0 Å². The van der Waals surface area contributed by atoms with Gasteiger partial charge in [0.1, 0.15) is 5.82 Å². The Hall–Kier alpha value is -1.73. The second-order valence-corrected chi connectivity index (χ2v) is 6.91. The summed E-state index contributed by atoms with van der Waals surface area (Å²) in [4.78, 5) is 4.64. The molecule has 1 heterocycles. The molecule has 108 valence electrons. The van der Waals surface area contributed by atoms with Crippen LogP contribution in [0.4, 0.5) is 5.82 Å². The van der Waals surface area contributed by atoms with E-state index >= 15 is 0 Å². The lowest BCUT2D eigenvalue weighted by Crippen LogP contribution is -2.30. The van der Waals surface area contributed by atoms with Crippen LogP contribution in [0.2, 0.25) is 0 Å². The zero-order chi connectivity index (χ0) is 14.7. The third-order valence-corrected chi connectivity index (χ3v) is 5.79. The molecule has 0 atom stereocenters. The predicted molar refractivity (Wildman–Crippen MR) is 89.7 cm³/mol. The zero-order valence-corrected chi connectivity index (χ0v) is 13.0. The minimum absolute atomic E-state index is 0.333. The molecule has 21 heavy (non-hydrogen) atoms. The topological polar surface area (TPSA) is 48.7 Å². The van der Waals surface area contributed by atoms with Crippen molar-refractivity contribution in [1.29, 1.82) is 5.26 Å². The van der Waals surface area contributed by atoms with Crippen molar-refractivity contribution in [3.05, 3.63) is 35.9 Å². The van der Waals surface area contributed by atoms with Crippen LogP contribution in [0.5, 0.6) is 0 Å². The van der Waals surface area contributed by atoms with Crippen LogP contribution >= 0.6 is 11.8 Å². The summed E-state index contributed by atoms with van der Waals surface area (Å²) >= 11 is 1.96. The Morgan fingerprint density at radius 2 is 2.10 bits per heavy atom. The van der Waals surface area contributed by atoms with Gasteiger partial charge < -0.3 is 5.32 Å². The fourth-order valence-electron chi connectivity index (χ4n) is 3.08. The van der Waals surface area contributed by atoms with Gasteiger partial charge in [-0.05, 0) is 31.2 Å². The van der Waals surface area contributed by atoms with Gasteiger partial charge in [0.05, 0.1) is 17.1 Å². The standard InChI is InChI=1S/C17H19N3S/c1-21-17(8-4-5-9-17)12-19-16-10-13(11-18)14-6-2-3-7-15(14)20-16/h2-3,6-7,10H,4-5,8-9,12H2,1H3,(H,19,20). The van der Waals surface area contributed by atoms with E-state index < -0.39 is 0 Å². The van der Waals surface area contributed by atoms with Crippen LogP contribution in [0, 0.1) is 11.3 Å². The van der Waals surface area contributed by atoms with Gasteiger partial charge in [-0.2, -0.15) is 17.0 Å². The molecule has 0 bridgehead atoms. The molecule has 1 N–H and O–H groups in total. The molecule has 3 rings (SSSR count). The predicted octanol–water partition coefficient (Wildman–Crippen LogP) is 4.19. The highest BCUT2D eigenvalue weighted by Crippen LogP contribution is 2.40. The molecule has 2 aromatic rings. The monoisotopic (exact) mass is 297 g/mol. The number of nitriles is 1. The average Bonchev–Trinajstić information content (AvgIpc) is 3.01. The summed E-state index contributed by atoms with van der Waals surface area (Å²) in [5, 5.41) is 13.7. The third kappa shape index (κ3) is 2.84. The van der Waals surface area contributed by atoms with Gasteiger partial charge in [0, 0.05) is 16.7 Å². The second kappa shape index (κ2) is 5.95. The number of para-hydroxylation sites is 1. The van der Waals surface area contributed by atoms with Gasteiger partial charge in [0.2, 0.25) is 0 Å².